The summed E-state index contributed by atoms with van der Waals surface area (Å²) in [6.45, 7) is 4.23. The van der Waals surface area contributed by atoms with E-state index in [2.05, 4.69) is 10.3 Å². The van der Waals surface area contributed by atoms with Gasteiger partial charge in [-0.25, -0.2) is 0 Å². The van der Waals surface area contributed by atoms with Crippen LogP contribution >= 0.6 is 35.4 Å². The number of rotatable bonds is 3. The fourth-order valence-electron chi connectivity index (χ4n) is 1.94. The zero-order valence-electron chi connectivity index (χ0n) is 10.5. The number of carbonyl (C=O) groups is 1. The number of nitrogens with zero attached hydrogens (tertiary/aromatic N) is 1. The van der Waals surface area contributed by atoms with Gasteiger partial charge in [0.05, 0.1) is 21.1 Å². The van der Waals surface area contributed by atoms with Gasteiger partial charge in [-0.2, -0.15) is 0 Å². The molecule has 0 saturated carbocycles. The number of carbonyl (C=O) groups excluding carboxylic acids is 1. The van der Waals surface area contributed by atoms with Gasteiger partial charge >= 0.3 is 0 Å². The minimum absolute atomic E-state index is 0.0921. The van der Waals surface area contributed by atoms with Gasteiger partial charge < -0.3 is 14.9 Å². The molecule has 2 rings (SSSR count). The molecule has 0 aliphatic heterocycles. The smallest absolute Gasteiger partial charge is 0.242 e. The summed E-state index contributed by atoms with van der Waals surface area (Å²) in [5.41, 5.74) is 1.52. The number of aromatic nitrogens is 2. The van der Waals surface area contributed by atoms with Crippen molar-refractivity contribution in [2.75, 3.05) is 6.54 Å². The van der Waals surface area contributed by atoms with Crippen molar-refractivity contribution in [2.24, 2.45) is 0 Å². The Morgan fingerprint density at radius 1 is 1.47 bits per heavy atom. The number of fused-ring (bicyclic) bond motifs is 1. The van der Waals surface area contributed by atoms with Gasteiger partial charge in [0.25, 0.3) is 0 Å². The largest absolute Gasteiger partial charge is 0.355 e. The summed E-state index contributed by atoms with van der Waals surface area (Å²) in [5, 5.41) is 3.65. The fraction of sp³-hybridized carbons (Fsp3) is 0.333. The topological polar surface area (TPSA) is 49.8 Å². The van der Waals surface area contributed by atoms with E-state index >= 15 is 0 Å². The highest BCUT2D eigenvalue weighted by Gasteiger charge is 2.18. The van der Waals surface area contributed by atoms with Crippen molar-refractivity contribution in [1.29, 1.82) is 0 Å². The molecule has 0 aliphatic carbocycles. The van der Waals surface area contributed by atoms with Crippen LogP contribution in [0.5, 0.6) is 0 Å². The molecule has 0 saturated heterocycles. The number of halogens is 2. The summed E-state index contributed by atoms with van der Waals surface area (Å²) in [4.78, 5) is 15.0. The van der Waals surface area contributed by atoms with Crippen LogP contribution in [0, 0.1) is 4.77 Å². The molecule has 1 heterocycles. The van der Waals surface area contributed by atoms with Crippen molar-refractivity contribution >= 4 is 52.4 Å². The molecule has 0 fully saturated rings. The van der Waals surface area contributed by atoms with Crippen LogP contribution in [-0.2, 0) is 4.79 Å². The molecule has 1 amide bonds. The van der Waals surface area contributed by atoms with Gasteiger partial charge in [0.2, 0.25) is 5.91 Å². The molecule has 1 unspecified atom stereocenters. The van der Waals surface area contributed by atoms with Crippen LogP contribution in [0.3, 0.4) is 0 Å². The van der Waals surface area contributed by atoms with Crippen molar-refractivity contribution in [2.45, 2.75) is 19.9 Å². The Labute approximate surface area is 125 Å². The molecular formula is C12H13Cl2N3OS. The summed E-state index contributed by atoms with van der Waals surface area (Å²) < 4.78 is 2.20. The summed E-state index contributed by atoms with van der Waals surface area (Å²) in [6.07, 6.45) is 0. The molecule has 1 atom stereocenters. The van der Waals surface area contributed by atoms with Crippen molar-refractivity contribution in [3.05, 3.63) is 26.9 Å². The Kier molecular flexibility index (Phi) is 4.18. The van der Waals surface area contributed by atoms with E-state index in [4.69, 9.17) is 35.4 Å². The Hall–Kier alpha value is -1.04. The van der Waals surface area contributed by atoms with Gasteiger partial charge in [0.15, 0.2) is 4.77 Å². The van der Waals surface area contributed by atoms with E-state index in [1.54, 1.807) is 23.6 Å². The minimum Gasteiger partial charge on any atom is -0.355 e. The van der Waals surface area contributed by atoms with Gasteiger partial charge in [-0.15, -0.1) is 0 Å². The molecule has 1 aromatic heterocycles. The lowest BCUT2D eigenvalue weighted by atomic mass is 10.2. The molecule has 102 valence electrons. The van der Waals surface area contributed by atoms with E-state index in [1.807, 2.05) is 6.92 Å². The van der Waals surface area contributed by atoms with Crippen LogP contribution < -0.4 is 5.32 Å². The lowest BCUT2D eigenvalue weighted by Gasteiger charge is -2.14. The third-order valence-corrected chi connectivity index (χ3v) is 3.90. The molecule has 2 aromatic rings. The Morgan fingerprint density at radius 3 is 2.74 bits per heavy atom. The molecule has 2 N–H and O–H groups in total. The van der Waals surface area contributed by atoms with Crippen molar-refractivity contribution in [3.8, 4) is 0 Å². The maximum atomic E-state index is 11.9. The van der Waals surface area contributed by atoms with Crippen LogP contribution in [0.2, 0.25) is 10.0 Å². The summed E-state index contributed by atoms with van der Waals surface area (Å²) >= 11 is 17.2. The van der Waals surface area contributed by atoms with Crippen LogP contribution in [0.25, 0.3) is 11.0 Å². The average molecular weight is 318 g/mol. The normalized spacial score (nSPS) is 12.6. The first-order chi connectivity index (χ1) is 8.95. The second-order valence-electron chi connectivity index (χ2n) is 4.15. The second-order valence-corrected chi connectivity index (χ2v) is 5.36. The van der Waals surface area contributed by atoms with E-state index < -0.39 is 6.04 Å². The van der Waals surface area contributed by atoms with Gasteiger partial charge in [0, 0.05) is 6.54 Å². The SMILES string of the molecule is CCNC(=O)C(C)n1c(=S)[nH]c2cc(Cl)c(Cl)cc21. The standard InChI is InChI=1S/C12H13Cl2N3OS/c1-3-15-11(18)6(2)17-10-5-8(14)7(13)4-9(10)16-12(17)19/h4-6H,3H2,1-2H3,(H,15,18)(H,16,19). The molecule has 19 heavy (non-hydrogen) atoms. The first kappa shape index (κ1) is 14.4. The predicted molar refractivity (Wildman–Crippen MR) is 80.5 cm³/mol. The maximum absolute atomic E-state index is 11.9. The second kappa shape index (κ2) is 5.53. The lowest BCUT2D eigenvalue weighted by Crippen LogP contribution is -2.30. The maximum Gasteiger partial charge on any atom is 0.242 e. The van der Waals surface area contributed by atoms with Gasteiger partial charge in [0.1, 0.15) is 6.04 Å². The van der Waals surface area contributed by atoms with Gasteiger partial charge in [-0.05, 0) is 38.2 Å². The van der Waals surface area contributed by atoms with E-state index in [0.717, 1.165) is 11.0 Å². The molecule has 1 aromatic carbocycles. The Bertz CT molecular complexity index is 692. The number of likely N-dealkylation sites (N-methyl/N-ethyl adjacent to an activating group) is 1. The Morgan fingerprint density at radius 2 is 2.11 bits per heavy atom. The highest BCUT2D eigenvalue weighted by atomic mass is 35.5. The zero-order chi connectivity index (χ0) is 14.2. The molecule has 7 heteroatoms. The number of hydrogen-bond donors (Lipinski definition) is 2. The summed E-state index contributed by atoms with van der Waals surface area (Å²) in [6, 6.07) is 3.00. The molecule has 0 aliphatic rings. The van der Waals surface area contributed by atoms with Crippen molar-refractivity contribution < 1.29 is 4.79 Å². The van der Waals surface area contributed by atoms with E-state index in [0.29, 0.717) is 21.4 Å². The first-order valence-corrected chi connectivity index (χ1v) is 6.99. The first-order valence-electron chi connectivity index (χ1n) is 5.82. The quantitative estimate of drug-likeness (QED) is 0.848. The van der Waals surface area contributed by atoms with Gasteiger partial charge in [-0.1, -0.05) is 23.2 Å². The third kappa shape index (κ3) is 2.63. The number of imidazole rings is 1. The third-order valence-electron chi connectivity index (χ3n) is 2.88. The zero-order valence-corrected chi connectivity index (χ0v) is 12.8. The molecular weight excluding hydrogens is 305 g/mol. The number of aromatic amines is 1. The van der Waals surface area contributed by atoms with Crippen LogP contribution in [0.1, 0.15) is 19.9 Å². The van der Waals surface area contributed by atoms with Crippen molar-refractivity contribution in [3.63, 3.8) is 0 Å². The number of amides is 1. The van der Waals surface area contributed by atoms with Crippen LogP contribution in [-0.4, -0.2) is 22.0 Å². The molecule has 4 nitrogen and oxygen atoms in total. The fourth-order valence-corrected chi connectivity index (χ4v) is 2.63. The lowest BCUT2D eigenvalue weighted by molar-refractivity contribution is -0.123. The summed E-state index contributed by atoms with van der Waals surface area (Å²) in [5.74, 6) is -0.0921. The summed E-state index contributed by atoms with van der Waals surface area (Å²) in [7, 11) is 0. The van der Waals surface area contributed by atoms with E-state index in [1.165, 1.54) is 0 Å². The monoisotopic (exact) mass is 317 g/mol. The number of benzene rings is 1. The molecule has 0 bridgehead atoms. The number of H-pyrrole nitrogens is 1. The van der Waals surface area contributed by atoms with E-state index in [9.17, 15) is 4.79 Å². The minimum atomic E-state index is -0.418. The van der Waals surface area contributed by atoms with Crippen LogP contribution in [0.4, 0.5) is 0 Å². The predicted octanol–water partition coefficient (Wildman–Crippen LogP) is 3.70. The Balaban J connectivity index is 2.60. The highest BCUT2D eigenvalue weighted by Crippen LogP contribution is 2.29. The molecule has 0 spiro atoms. The van der Waals surface area contributed by atoms with Gasteiger partial charge in [-0.3, -0.25) is 4.79 Å². The van der Waals surface area contributed by atoms with Crippen LogP contribution in [0.15, 0.2) is 12.1 Å². The number of hydrogen-bond acceptors (Lipinski definition) is 2. The number of nitrogens with one attached hydrogen (secondary N) is 2. The average Bonchev–Trinajstić information content (AvgIpc) is 2.65. The molecule has 0 radical (unpaired) electrons. The van der Waals surface area contributed by atoms with E-state index in [-0.39, 0.29) is 5.91 Å². The highest BCUT2D eigenvalue weighted by molar-refractivity contribution is 7.71. The van der Waals surface area contributed by atoms with Crippen molar-refractivity contribution in [1.82, 2.24) is 14.9 Å².